The van der Waals surface area contributed by atoms with E-state index in [0.717, 1.165) is 29.9 Å². The molecular weight excluding hydrogens is 376 g/mol. The maximum absolute atomic E-state index is 13.3. The molecule has 30 heavy (non-hydrogen) atoms. The monoisotopic (exact) mass is 398 g/mol. The molecule has 1 saturated heterocycles. The minimum Gasteiger partial charge on any atom is -0.368 e. The Balaban J connectivity index is 1.39. The maximum atomic E-state index is 13.3. The molecule has 0 spiro atoms. The van der Waals surface area contributed by atoms with Gasteiger partial charge in [0.05, 0.1) is 5.69 Å². The van der Waals surface area contributed by atoms with Crippen LogP contribution >= 0.6 is 0 Å². The summed E-state index contributed by atoms with van der Waals surface area (Å²) in [7, 11) is 0. The molecule has 1 amide bonds. The highest BCUT2D eigenvalue weighted by atomic mass is 16.2. The largest absolute Gasteiger partial charge is 0.368 e. The Morgan fingerprint density at radius 2 is 1.70 bits per heavy atom. The first-order valence-corrected chi connectivity index (χ1v) is 10.1. The number of amides is 1. The van der Waals surface area contributed by atoms with E-state index in [4.69, 9.17) is 0 Å². The molecule has 0 aliphatic carbocycles. The van der Waals surface area contributed by atoms with Gasteiger partial charge in [-0.1, -0.05) is 29.5 Å². The molecule has 0 radical (unpaired) electrons. The van der Waals surface area contributed by atoms with Gasteiger partial charge in [-0.05, 0) is 48.9 Å². The molecule has 5 rings (SSSR count). The number of para-hydroxylation sites is 1. The molecule has 3 heterocycles. The topological polar surface area (TPSA) is 67.2 Å². The first-order chi connectivity index (χ1) is 14.7. The fourth-order valence-corrected chi connectivity index (χ4v) is 3.99. The van der Waals surface area contributed by atoms with Crippen LogP contribution in [0.3, 0.4) is 0 Å². The Morgan fingerprint density at radius 1 is 0.900 bits per heavy atom. The Hall–Kier alpha value is -3.74. The normalized spacial score (nSPS) is 14.3. The zero-order valence-electron chi connectivity index (χ0n) is 16.8. The highest BCUT2D eigenvalue weighted by Crippen LogP contribution is 2.23. The number of piperazine rings is 1. The van der Waals surface area contributed by atoms with Gasteiger partial charge in [0.25, 0.3) is 5.91 Å². The Bertz CT molecular complexity index is 1190. The van der Waals surface area contributed by atoms with Crippen LogP contribution in [0.5, 0.6) is 0 Å². The van der Waals surface area contributed by atoms with Gasteiger partial charge < -0.3 is 9.80 Å². The molecule has 1 aliphatic heterocycles. The first kappa shape index (κ1) is 18.3. The highest BCUT2D eigenvalue weighted by molar-refractivity contribution is 5.96. The van der Waals surface area contributed by atoms with Crippen LogP contribution in [0.1, 0.15) is 15.9 Å². The van der Waals surface area contributed by atoms with Gasteiger partial charge >= 0.3 is 0 Å². The van der Waals surface area contributed by atoms with E-state index in [1.807, 2.05) is 60.4 Å². The lowest BCUT2D eigenvalue weighted by Crippen LogP contribution is -2.49. The number of benzene rings is 2. The zero-order chi connectivity index (χ0) is 20.5. The van der Waals surface area contributed by atoms with Gasteiger partial charge in [-0.2, -0.15) is 4.68 Å². The molecule has 0 unspecified atom stereocenters. The van der Waals surface area contributed by atoms with Crippen molar-refractivity contribution < 1.29 is 4.79 Å². The summed E-state index contributed by atoms with van der Waals surface area (Å²) < 4.78 is 1.70. The highest BCUT2D eigenvalue weighted by Gasteiger charge is 2.24. The predicted molar refractivity (Wildman–Crippen MR) is 116 cm³/mol. The average molecular weight is 398 g/mol. The lowest BCUT2D eigenvalue weighted by molar-refractivity contribution is 0.0746. The van der Waals surface area contributed by atoms with Crippen molar-refractivity contribution in [1.82, 2.24) is 24.9 Å². The molecular formula is C23H22N6O. The van der Waals surface area contributed by atoms with Crippen molar-refractivity contribution >= 4 is 22.8 Å². The molecule has 1 fully saturated rings. The minimum atomic E-state index is 0.0550. The van der Waals surface area contributed by atoms with Gasteiger partial charge in [-0.3, -0.25) is 4.79 Å². The van der Waals surface area contributed by atoms with E-state index >= 15 is 0 Å². The van der Waals surface area contributed by atoms with Crippen molar-refractivity contribution in [2.24, 2.45) is 0 Å². The predicted octanol–water partition coefficient (Wildman–Crippen LogP) is 3.09. The van der Waals surface area contributed by atoms with Gasteiger partial charge in [0.1, 0.15) is 5.52 Å². The molecule has 0 N–H and O–H groups in total. The van der Waals surface area contributed by atoms with Gasteiger partial charge in [0, 0.05) is 43.6 Å². The maximum Gasteiger partial charge on any atom is 0.254 e. The van der Waals surface area contributed by atoms with Crippen LogP contribution < -0.4 is 4.90 Å². The summed E-state index contributed by atoms with van der Waals surface area (Å²) in [5, 5.41) is 8.44. The van der Waals surface area contributed by atoms with Crippen molar-refractivity contribution in [2.75, 3.05) is 31.1 Å². The molecule has 7 nitrogen and oxygen atoms in total. The summed E-state index contributed by atoms with van der Waals surface area (Å²) >= 11 is 0. The Kier molecular flexibility index (Phi) is 4.63. The number of carbonyl (C=O) groups is 1. The van der Waals surface area contributed by atoms with Crippen LogP contribution in [0.2, 0.25) is 0 Å². The molecule has 0 saturated carbocycles. The smallest absolute Gasteiger partial charge is 0.254 e. The average Bonchev–Trinajstić information content (AvgIpc) is 3.23. The SMILES string of the molecule is Cc1c(C(=O)N2CCN(c3ccccc3)CC2)cccc1-n1nnc2cccnc21. The molecule has 0 atom stereocenters. The summed E-state index contributed by atoms with van der Waals surface area (Å²) in [6, 6.07) is 19.8. The van der Waals surface area contributed by atoms with Crippen LogP contribution in [-0.2, 0) is 0 Å². The number of pyridine rings is 1. The van der Waals surface area contributed by atoms with Crippen LogP contribution in [0.25, 0.3) is 16.9 Å². The number of hydrogen-bond donors (Lipinski definition) is 0. The lowest BCUT2D eigenvalue weighted by Gasteiger charge is -2.36. The third kappa shape index (κ3) is 3.18. The number of hydrogen-bond acceptors (Lipinski definition) is 5. The zero-order valence-corrected chi connectivity index (χ0v) is 16.8. The standard InChI is InChI=1S/C23H22N6O/c1-17-19(9-5-11-21(17)29-22-20(25-26-29)10-6-12-24-22)23(30)28-15-13-27(14-16-28)18-7-3-2-4-8-18/h2-12H,13-16H2,1H3. The number of rotatable bonds is 3. The fourth-order valence-electron chi connectivity index (χ4n) is 3.99. The minimum absolute atomic E-state index is 0.0550. The number of anilines is 1. The molecule has 4 aromatic rings. The van der Waals surface area contributed by atoms with E-state index in [-0.39, 0.29) is 5.91 Å². The Labute approximate surface area is 174 Å². The second-order valence-corrected chi connectivity index (χ2v) is 7.41. The van der Waals surface area contributed by atoms with E-state index < -0.39 is 0 Å². The third-order valence-electron chi connectivity index (χ3n) is 5.66. The summed E-state index contributed by atoms with van der Waals surface area (Å²) in [6.45, 7) is 5.01. The van der Waals surface area contributed by atoms with Crippen molar-refractivity contribution in [1.29, 1.82) is 0 Å². The quantitative estimate of drug-likeness (QED) is 0.531. The van der Waals surface area contributed by atoms with Crippen LogP contribution in [-0.4, -0.2) is 57.0 Å². The molecule has 2 aromatic heterocycles. The number of fused-ring (bicyclic) bond motifs is 1. The molecule has 2 aromatic carbocycles. The van der Waals surface area contributed by atoms with E-state index in [2.05, 4.69) is 32.3 Å². The summed E-state index contributed by atoms with van der Waals surface area (Å²) in [6.07, 6.45) is 1.72. The van der Waals surface area contributed by atoms with Gasteiger partial charge in [-0.25, -0.2) is 4.98 Å². The van der Waals surface area contributed by atoms with E-state index in [1.54, 1.807) is 10.9 Å². The van der Waals surface area contributed by atoms with Crippen molar-refractivity contribution in [2.45, 2.75) is 6.92 Å². The molecule has 7 heteroatoms. The van der Waals surface area contributed by atoms with E-state index in [1.165, 1.54) is 5.69 Å². The van der Waals surface area contributed by atoms with Crippen molar-refractivity contribution in [3.8, 4) is 5.69 Å². The van der Waals surface area contributed by atoms with E-state index in [9.17, 15) is 4.79 Å². The van der Waals surface area contributed by atoms with Gasteiger partial charge in [0.15, 0.2) is 5.65 Å². The van der Waals surface area contributed by atoms with Crippen LogP contribution in [0.15, 0.2) is 66.9 Å². The second-order valence-electron chi connectivity index (χ2n) is 7.41. The molecule has 150 valence electrons. The van der Waals surface area contributed by atoms with E-state index in [0.29, 0.717) is 24.3 Å². The second kappa shape index (κ2) is 7.59. The summed E-state index contributed by atoms with van der Waals surface area (Å²) in [5.74, 6) is 0.0550. The summed E-state index contributed by atoms with van der Waals surface area (Å²) in [4.78, 5) is 21.9. The van der Waals surface area contributed by atoms with Gasteiger partial charge in [-0.15, -0.1) is 5.10 Å². The number of carbonyl (C=O) groups excluding carboxylic acids is 1. The lowest BCUT2D eigenvalue weighted by atomic mass is 10.0. The Morgan fingerprint density at radius 3 is 2.50 bits per heavy atom. The van der Waals surface area contributed by atoms with Gasteiger partial charge in [0.2, 0.25) is 0 Å². The first-order valence-electron chi connectivity index (χ1n) is 10.1. The van der Waals surface area contributed by atoms with Crippen LogP contribution in [0, 0.1) is 6.92 Å². The number of aromatic nitrogens is 4. The summed E-state index contributed by atoms with van der Waals surface area (Å²) in [5.41, 5.74) is 5.01. The van der Waals surface area contributed by atoms with Crippen molar-refractivity contribution in [3.05, 3.63) is 78.0 Å². The number of nitrogens with zero attached hydrogens (tertiary/aromatic N) is 6. The van der Waals surface area contributed by atoms with Crippen LogP contribution in [0.4, 0.5) is 5.69 Å². The molecule has 0 bridgehead atoms. The van der Waals surface area contributed by atoms with Crippen molar-refractivity contribution in [3.63, 3.8) is 0 Å². The fraction of sp³-hybridized carbons (Fsp3) is 0.217. The molecule has 1 aliphatic rings. The third-order valence-corrected chi connectivity index (χ3v) is 5.66.